The van der Waals surface area contributed by atoms with E-state index in [0.29, 0.717) is 23.7 Å². The highest BCUT2D eigenvalue weighted by atomic mass is 32.1. The van der Waals surface area contributed by atoms with Gasteiger partial charge in [-0.15, -0.1) is 11.3 Å². The summed E-state index contributed by atoms with van der Waals surface area (Å²) in [5.74, 6) is -1.45. The van der Waals surface area contributed by atoms with Gasteiger partial charge in [-0.1, -0.05) is 35.9 Å². The molecule has 0 atom stereocenters. The quantitative estimate of drug-likeness (QED) is 0.372. The predicted octanol–water partition coefficient (Wildman–Crippen LogP) is 3.24. The number of hydrogen-bond acceptors (Lipinski definition) is 6. The summed E-state index contributed by atoms with van der Waals surface area (Å²) in [6.07, 6.45) is 1.44. The van der Waals surface area contributed by atoms with Crippen molar-refractivity contribution in [1.29, 1.82) is 0 Å². The number of carbonyl (C=O) groups is 3. The minimum absolute atomic E-state index is 0.224. The summed E-state index contributed by atoms with van der Waals surface area (Å²) < 4.78 is 10.0. The van der Waals surface area contributed by atoms with Gasteiger partial charge in [-0.05, 0) is 19.4 Å². The molecular weight excluding hydrogens is 392 g/mol. The fourth-order valence-electron chi connectivity index (χ4n) is 2.44. The Morgan fingerprint density at radius 3 is 2.52 bits per heavy atom. The standard InChI is InChI=1S/C21H24N2O5S/c1-14(2)11-17(24)23-20-19(16(13-29-20)15-7-5-4-6-8-15)21(26)28-12-18(25)22-9-10-27-3/h4-8,11,13H,9-10,12H2,1-3H3,(H,22,25)(H,23,24). The fraction of sp³-hybridized carbons (Fsp3) is 0.286. The average Bonchev–Trinajstić information content (AvgIpc) is 3.09. The molecule has 0 fully saturated rings. The summed E-state index contributed by atoms with van der Waals surface area (Å²) >= 11 is 1.23. The van der Waals surface area contributed by atoms with E-state index >= 15 is 0 Å². The minimum Gasteiger partial charge on any atom is -0.452 e. The van der Waals surface area contributed by atoms with Gasteiger partial charge in [0.05, 0.1) is 6.61 Å². The Kier molecular flexibility index (Phi) is 8.57. The van der Waals surface area contributed by atoms with Gasteiger partial charge >= 0.3 is 5.97 Å². The Bertz CT molecular complexity index is 886. The Hall–Kier alpha value is -2.97. The second kappa shape index (κ2) is 11.1. The van der Waals surface area contributed by atoms with Gasteiger partial charge in [0.15, 0.2) is 6.61 Å². The maximum atomic E-state index is 12.8. The van der Waals surface area contributed by atoms with E-state index in [0.717, 1.165) is 11.1 Å². The topological polar surface area (TPSA) is 93.7 Å². The van der Waals surface area contributed by atoms with Gasteiger partial charge in [0.1, 0.15) is 10.6 Å². The SMILES string of the molecule is COCCNC(=O)COC(=O)c1c(-c2ccccc2)csc1NC(=O)C=C(C)C. The molecule has 0 bridgehead atoms. The van der Waals surface area contributed by atoms with Crippen LogP contribution in [0.1, 0.15) is 24.2 Å². The molecule has 0 saturated carbocycles. The predicted molar refractivity (Wildman–Crippen MR) is 113 cm³/mol. The van der Waals surface area contributed by atoms with Gasteiger partial charge in [0, 0.05) is 30.7 Å². The third-order valence-electron chi connectivity index (χ3n) is 3.70. The Morgan fingerprint density at radius 2 is 1.86 bits per heavy atom. The lowest BCUT2D eigenvalue weighted by molar-refractivity contribution is -0.124. The summed E-state index contributed by atoms with van der Waals surface area (Å²) in [6, 6.07) is 9.30. The van der Waals surface area contributed by atoms with E-state index in [2.05, 4.69) is 10.6 Å². The number of esters is 1. The Labute approximate surface area is 173 Å². The number of amides is 2. The van der Waals surface area contributed by atoms with E-state index < -0.39 is 18.5 Å². The molecule has 0 aliphatic rings. The van der Waals surface area contributed by atoms with Gasteiger partial charge in [-0.25, -0.2) is 4.79 Å². The van der Waals surface area contributed by atoms with Crippen LogP contribution in [0.15, 0.2) is 47.4 Å². The van der Waals surface area contributed by atoms with Gasteiger partial charge in [-0.3, -0.25) is 9.59 Å². The third kappa shape index (κ3) is 6.85. The third-order valence-corrected chi connectivity index (χ3v) is 4.59. The molecule has 0 aliphatic carbocycles. The molecule has 0 radical (unpaired) electrons. The number of benzene rings is 1. The maximum absolute atomic E-state index is 12.8. The van der Waals surface area contributed by atoms with Crippen LogP contribution in [0.25, 0.3) is 11.1 Å². The molecule has 7 nitrogen and oxygen atoms in total. The number of nitrogens with one attached hydrogen (secondary N) is 2. The van der Waals surface area contributed by atoms with E-state index in [1.807, 2.05) is 30.3 Å². The van der Waals surface area contributed by atoms with Crippen molar-refractivity contribution in [2.24, 2.45) is 0 Å². The normalized spacial score (nSPS) is 10.2. The van der Waals surface area contributed by atoms with Crippen molar-refractivity contribution in [1.82, 2.24) is 5.32 Å². The molecular formula is C21H24N2O5S. The molecule has 0 spiro atoms. The van der Waals surface area contributed by atoms with E-state index in [-0.39, 0.29) is 11.5 Å². The Morgan fingerprint density at radius 1 is 1.14 bits per heavy atom. The van der Waals surface area contributed by atoms with E-state index in [9.17, 15) is 14.4 Å². The second-order valence-corrected chi connectivity index (χ2v) is 7.23. The van der Waals surface area contributed by atoms with Crippen molar-refractivity contribution in [3.63, 3.8) is 0 Å². The zero-order valence-electron chi connectivity index (χ0n) is 16.6. The highest BCUT2D eigenvalue weighted by molar-refractivity contribution is 7.15. The number of hydrogen-bond donors (Lipinski definition) is 2. The molecule has 0 saturated heterocycles. The number of carbonyl (C=O) groups excluding carboxylic acids is 3. The van der Waals surface area contributed by atoms with Crippen molar-refractivity contribution < 1.29 is 23.9 Å². The summed E-state index contributed by atoms with van der Waals surface area (Å²) in [5, 5.41) is 7.46. The molecule has 2 N–H and O–H groups in total. The monoisotopic (exact) mass is 416 g/mol. The zero-order valence-corrected chi connectivity index (χ0v) is 17.4. The summed E-state index contributed by atoms with van der Waals surface area (Å²) in [4.78, 5) is 36.7. The lowest BCUT2D eigenvalue weighted by atomic mass is 10.0. The highest BCUT2D eigenvalue weighted by Crippen LogP contribution is 2.36. The molecule has 29 heavy (non-hydrogen) atoms. The van der Waals surface area contributed by atoms with E-state index in [1.165, 1.54) is 24.5 Å². The van der Waals surface area contributed by atoms with Crippen LogP contribution in [0.3, 0.4) is 0 Å². The van der Waals surface area contributed by atoms with Crippen LogP contribution in [-0.4, -0.2) is 44.7 Å². The van der Waals surface area contributed by atoms with Crippen molar-refractivity contribution in [3.05, 3.63) is 52.9 Å². The minimum atomic E-state index is -0.681. The molecule has 1 aromatic heterocycles. The first-order valence-electron chi connectivity index (χ1n) is 8.98. The van der Waals surface area contributed by atoms with Crippen LogP contribution >= 0.6 is 11.3 Å². The van der Waals surface area contributed by atoms with Crippen LogP contribution in [0, 0.1) is 0 Å². The van der Waals surface area contributed by atoms with Crippen LogP contribution in [0.2, 0.25) is 0 Å². The second-order valence-electron chi connectivity index (χ2n) is 6.35. The van der Waals surface area contributed by atoms with Crippen molar-refractivity contribution in [3.8, 4) is 11.1 Å². The summed E-state index contributed by atoms with van der Waals surface area (Å²) in [5.41, 5.74) is 2.50. The van der Waals surface area contributed by atoms with Gasteiger partial charge in [-0.2, -0.15) is 0 Å². The zero-order chi connectivity index (χ0) is 21.2. The van der Waals surface area contributed by atoms with E-state index in [1.54, 1.807) is 19.2 Å². The van der Waals surface area contributed by atoms with Crippen LogP contribution < -0.4 is 10.6 Å². The molecule has 1 aromatic carbocycles. The molecule has 1 heterocycles. The van der Waals surface area contributed by atoms with Crippen LogP contribution in [0.5, 0.6) is 0 Å². The maximum Gasteiger partial charge on any atom is 0.342 e. The number of anilines is 1. The number of allylic oxidation sites excluding steroid dienone is 1. The van der Waals surface area contributed by atoms with Gasteiger partial charge in [0.2, 0.25) is 5.91 Å². The van der Waals surface area contributed by atoms with Crippen molar-refractivity contribution in [2.75, 3.05) is 32.2 Å². The molecule has 2 amide bonds. The lowest BCUT2D eigenvalue weighted by Gasteiger charge is -2.09. The lowest BCUT2D eigenvalue weighted by Crippen LogP contribution is -2.31. The number of ether oxygens (including phenoxy) is 2. The highest BCUT2D eigenvalue weighted by Gasteiger charge is 2.23. The van der Waals surface area contributed by atoms with Gasteiger partial charge < -0.3 is 20.1 Å². The molecule has 154 valence electrons. The molecule has 0 aliphatic heterocycles. The first-order valence-corrected chi connectivity index (χ1v) is 9.86. The number of thiophene rings is 1. The molecule has 2 aromatic rings. The largest absolute Gasteiger partial charge is 0.452 e. The van der Waals surface area contributed by atoms with Crippen LogP contribution in [0.4, 0.5) is 5.00 Å². The summed E-state index contributed by atoms with van der Waals surface area (Å²) in [7, 11) is 1.53. The smallest absolute Gasteiger partial charge is 0.342 e. The number of rotatable bonds is 9. The van der Waals surface area contributed by atoms with Crippen molar-refractivity contribution >= 4 is 34.1 Å². The fourth-order valence-corrected chi connectivity index (χ4v) is 3.40. The number of methoxy groups -OCH3 is 1. The molecule has 8 heteroatoms. The first-order chi connectivity index (χ1) is 13.9. The van der Waals surface area contributed by atoms with Crippen molar-refractivity contribution in [2.45, 2.75) is 13.8 Å². The van der Waals surface area contributed by atoms with Crippen LogP contribution in [-0.2, 0) is 19.1 Å². The average molecular weight is 416 g/mol. The van der Waals surface area contributed by atoms with E-state index in [4.69, 9.17) is 9.47 Å². The molecule has 2 rings (SSSR count). The summed E-state index contributed by atoms with van der Waals surface area (Å²) in [6.45, 7) is 3.88. The first kappa shape index (κ1) is 22.3. The van der Waals surface area contributed by atoms with Gasteiger partial charge in [0.25, 0.3) is 5.91 Å². The molecule has 0 unspecified atom stereocenters. The Balaban J connectivity index is 2.23.